The minimum absolute atomic E-state index is 0.559. The van der Waals surface area contributed by atoms with Crippen molar-refractivity contribution < 1.29 is 9.90 Å². The minimum Gasteiger partial charge on any atom is -0.478 e. The van der Waals surface area contributed by atoms with Gasteiger partial charge in [-0.15, -0.1) is 0 Å². The van der Waals surface area contributed by atoms with E-state index in [0.717, 1.165) is 6.04 Å². The zero-order chi connectivity index (χ0) is 9.07. The molecule has 0 fully saturated rings. The van der Waals surface area contributed by atoms with Crippen LogP contribution < -0.4 is 0 Å². The molecule has 0 aromatic heterocycles. The fourth-order valence-electron chi connectivity index (χ4n) is 0.873. The van der Waals surface area contributed by atoms with Crippen molar-refractivity contribution in [1.29, 1.82) is 0 Å². The zero-order valence-electron chi connectivity index (χ0n) is 7.64. The smallest absolute Gasteiger partial charge is 0.330 e. The van der Waals surface area contributed by atoms with Crippen LogP contribution in [0.3, 0.4) is 0 Å². The molecule has 3 heteroatoms. The molecule has 2 nitrogen and oxygen atoms in total. The normalized spacial score (nSPS) is 13.3. The van der Waals surface area contributed by atoms with E-state index >= 15 is 0 Å². The topological polar surface area (TPSA) is 37.3 Å². The molecule has 0 radical (unpaired) electrons. The van der Waals surface area contributed by atoms with Crippen LogP contribution in [0.25, 0.3) is 0 Å². The Morgan fingerprint density at radius 2 is 1.91 bits per heavy atom. The highest BCUT2D eigenvalue weighted by atomic mass is 28.3. The highest BCUT2D eigenvalue weighted by molar-refractivity contribution is 6.77. The summed E-state index contributed by atoms with van der Waals surface area (Å²) >= 11 is 0. The van der Waals surface area contributed by atoms with Crippen molar-refractivity contribution in [3.05, 3.63) is 11.6 Å². The Bertz CT molecular complexity index is 177. The van der Waals surface area contributed by atoms with Crippen molar-refractivity contribution >= 4 is 14.0 Å². The monoisotopic (exact) mass is 172 g/mol. The predicted octanol–water partition coefficient (Wildman–Crippen LogP) is 2.36. The third-order valence-electron chi connectivity index (χ3n) is 1.34. The van der Waals surface area contributed by atoms with Crippen molar-refractivity contribution in [2.24, 2.45) is 0 Å². The Labute approximate surface area is 68.9 Å². The van der Waals surface area contributed by atoms with Crippen LogP contribution in [0.4, 0.5) is 0 Å². The molecule has 0 saturated heterocycles. The summed E-state index contributed by atoms with van der Waals surface area (Å²) in [7, 11) is -1.25. The maximum atomic E-state index is 10.6. The average Bonchev–Trinajstić information content (AvgIpc) is 1.80. The molecule has 0 unspecified atom stereocenters. The van der Waals surface area contributed by atoms with Gasteiger partial charge in [-0.3, -0.25) is 0 Å². The van der Waals surface area contributed by atoms with Crippen molar-refractivity contribution in [3.63, 3.8) is 0 Å². The van der Waals surface area contributed by atoms with Gasteiger partial charge in [0.05, 0.1) is 0 Å². The third-order valence-corrected chi connectivity index (χ3v) is 2.79. The summed E-state index contributed by atoms with van der Waals surface area (Å²) in [6, 6.07) is 0.763. The van der Waals surface area contributed by atoms with Gasteiger partial charge in [0.15, 0.2) is 0 Å². The van der Waals surface area contributed by atoms with Gasteiger partial charge in [0.2, 0.25) is 0 Å². The first-order valence-electron chi connectivity index (χ1n) is 3.75. The van der Waals surface area contributed by atoms with Crippen LogP contribution in [-0.4, -0.2) is 19.1 Å². The Morgan fingerprint density at radius 1 is 1.45 bits per heavy atom. The molecule has 0 amide bonds. The van der Waals surface area contributed by atoms with Crippen LogP contribution in [-0.2, 0) is 4.79 Å². The summed E-state index contributed by atoms with van der Waals surface area (Å²) in [6.45, 7) is 8.28. The van der Waals surface area contributed by atoms with E-state index in [0.29, 0.717) is 5.57 Å². The molecule has 0 spiro atoms. The van der Waals surface area contributed by atoms with Crippen molar-refractivity contribution in [2.45, 2.75) is 32.6 Å². The van der Waals surface area contributed by atoms with Gasteiger partial charge in [-0.05, 0) is 13.0 Å². The minimum atomic E-state index is -1.25. The molecular weight excluding hydrogens is 156 g/mol. The van der Waals surface area contributed by atoms with Crippen LogP contribution in [0.5, 0.6) is 0 Å². The first kappa shape index (κ1) is 10.4. The van der Waals surface area contributed by atoms with Gasteiger partial charge in [0, 0.05) is 13.6 Å². The number of rotatable bonds is 3. The highest BCUT2D eigenvalue weighted by Gasteiger charge is 2.18. The molecule has 0 aromatic rings. The molecule has 0 rings (SSSR count). The summed E-state index contributed by atoms with van der Waals surface area (Å²) in [6.07, 6.45) is 1.70. The van der Waals surface area contributed by atoms with E-state index in [-0.39, 0.29) is 0 Å². The lowest BCUT2D eigenvalue weighted by Crippen LogP contribution is -2.22. The van der Waals surface area contributed by atoms with Gasteiger partial charge in [-0.25, -0.2) is 4.79 Å². The number of aliphatic carboxylic acids is 1. The Kier molecular flexibility index (Phi) is 3.52. The maximum Gasteiger partial charge on any atom is 0.330 e. The molecular formula is C8H16O2Si. The van der Waals surface area contributed by atoms with E-state index in [1.165, 1.54) is 0 Å². The van der Waals surface area contributed by atoms with E-state index < -0.39 is 14.0 Å². The molecule has 0 aliphatic rings. The van der Waals surface area contributed by atoms with Crippen molar-refractivity contribution in [2.75, 3.05) is 0 Å². The lowest BCUT2D eigenvalue weighted by Gasteiger charge is -2.15. The fraction of sp³-hybridized carbons (Fsp3) is 0.625. The van der Waals surface area contributed by atoms with E-state index in [2.05, 4.69) is 19.6 Å². The maximum absolute atomic E-state index is 10.6. The first-order valence-corrected chi connectivity index (χ1v) is 7.46. The number of carboxylic acids is 1. The molecule has 0 atom stereocenters. The SMILES string of the molecule is CC=C(C[Si](C)(C)C)C(=O)O. The quantitative estimate of drug-likeness (QED) is 0.524. The molecule has 0 saturated carbocycles. The fourth-order valence-corrected chi connectivity index (χ4v) is 2.37. The van der Waals surface area contributed by atoms with Gasteiger partial charge in [-0.1, -0.05) is 25.7 Å². The molecule has 0 aliphatic carbocycles. The standard InChI is InChI=1S/C8H16O2Si/c1-5-7(8(9)10)6-11(2,3)4/h5H,6H2,1-4H3,(H,9,10). The Hall–Kier alpha value is -0.573. The van der Waals surface area contributed by atoms with Crippen LogP contribution >= 0.6 is 0 Å². The van der Waals surface area contributed by atoms with Crippen molar-refractivity contribution in [3.8, 4) is 0 Å². The molecule has 0 bridgehead atoms. The van der Waals surface area contributed by atoms with Gasteiger partial charge in [0.1, 0.15) is 0 Å². The Morgan fingerprint density at radius 3 is 2.00 bits per heavy atom. The second kappa shape index (κ2) is 3.71. The van der Waals surface area contributed by atoms with Gasteiger partial charge in [-0.2, -0.15) is 0 Å². The van der Waals surface area contributed by atoms with E-state index in [9.17, 15) is 4.79 Å². The van der Waals surface area contributed by atoms with Crippen LogP contribution in [0.2, 0.25) is 25.7 Å². The number of allylic oxidation sites excluding steroid dienone is 1. The second-order valence-corrected chi connectivity index (χ2v) is 9.33. The lowest BCUT2D eigenvalue weighted by atomic mass is 10.3. The summed E-state index contributed by atoms with van der Waals surface area (Å²) in [4.78, 5) is 10.6. The van der Waals surface area contributed by atoms with E-state index in [1.807, 2.05) is 0 Å². The number of carbonyl (C=O) groups is 1. The second-order valence-electron chi connectivity index (χ2n) is 3.86. The molecule has 0 aromatic carbocycles. The zero-order valence-corrected chi connectivity index (χ0v) is 8.64. The molecule has 64 valence electrons. The van der Waals surface area contributed by atoms with Crippen LogP contribution in [0.1, 0.15) is 6.92 Å². The first-order chi connectivity index (χ1) is 4.87. The third kappa shape index (κ3) is 4.78. The summed E-state index contributed by atoms with van der Waals surface area (Å²) in [5.74, 6) is -0.769. The average molecular weight is 172 g/mol. The number of hydrogen-bond acceptors (Lipinski definition) is 1. The summed E-state index contributed by atoms with van der Waals surface area (Å²) in [5.41, 5.74) is 0.559. The number of carboxylic acid groups (broad SMARTS) is 1. The van der Waals surface area contributed by atoms with Gasteiger partial charge < -0.3 is 5.11 Å². The molecule has 0 heterocycles. The molecule has 0 aliphatic heterocycles. The molecule has 11 heavy (non-hydrogen) atoms. The summed E-state index contributed by atoms with van der Waals surface area (Å²) in [5, 5.41) is 8.69. The lowest BCUT2D eigenvalue weighted by molar-refractivity contribution is -0.132. The van der Waals surface area contributed by atoms with Gasteiger partial charge >= 0.3 is 5.97 Å². The van der Waals surface area contributed by atoms with Crippen LogP contribution in [0, 0.1) is 0 Å². The number of hydrogen-bond donors (Lipinski definition) is 1. The molecule has 1 N–H and O–H groups in total. The van der Waals surface area contributed by atoms with Crippen molar-refractivity contribution in [1.82, 2.24) is 0 Å². The van der Waals surface area contributed by atoms with Crippen LogP contribution in [0.15, 0.2) is 11.6 Å². The van der Waals surface area contributed by atoms with E-state index in [4.69, 9.17) is 5.11 Å². The largest absolute Gasteiger partial charge is 0.478 e. The Balaban J connectivity index is 4.24. The predicted molar refractivity (Wildman–Crippen MR) is 49.5 cm³/mol. The van der Waals surface area contributed by atoms with Gasteiger partial charge in [0.25, 0.3) is 0 Å². The van der Waals surface area contributed by atoms with E-state index in [1.54, 1.807) is 13.0 Å². The highest BCUT2D eigenvalue weighted by Crippen LogP contribution is 2.15. The summed E-state index contributed by atoms with van der Waals surface area (Å²) < 4.78 is 0.